The minimum absolute atomic E-state index is 0.358. The number of ether oxygens (including phenoxy) is 1. The van der Waals surface area contributed by atoms with Crippen LogP contribution in [0.3, 0.4) is 0 Å². The zero-order valence-corrected chi connectivity index (χ0v) is 15.9. The summed E-state index contributed by atoms with van der Waals surface area (Å²) >= 11 is 4.90. The molecule has 4 nitrogen and oxygen atoms in total. The van der Waals surface area contributed by atoms with Crippen LogP contribution in [0, 0.1) is 5.82 Å². The molecule has 2 aromatic carbocycles. The van der Waals surface area contributed by atoms with Gasteiger partial charge < -0.3 is 9.30 Å². The van der Waals surface area contributed by atoms with Crippen LogP contribution in [0.25, 0.3) is 10.2 Å². The summed E-state index contributed by atoms with van der Waals surface area (Å²) in [6.45, 7) is 3.72. The van der Waals surface area contributed by atoms with Crippen LogP contribution in [-0.4, -0.2) is 23.7 Å². The Hall–Kier alpha value is -1.83. The Labute approximate surface area is 156 Å². The summed E-state index contributed by atoms with van der Waals surface area (Å²) in [5.41, 5.74) is 1.36. The van der Waals surface area contributed by atoms with Crippen LogP contribution in [0.5, 0.6) is 0 Å². The number of amides is 1. The van der Waals surface area contributed by atoms with Crippen molar-refractivity contribution in [3.05, 3.63) is 63.1 Å². The number of aromatic nitrogens is 1. The van der Waals surface area contributed by atoms with E-state index in [9.17, 15) is 9.18 Å². The Morgan fingerprint density at radius 1 is 1.28 bits per heavy atom. The Morgan fingerprint density at radius 2 is 2.04 bits per heavy atom. The summed E-state index contributed by atoms with van der Waals surface area (Å²) in [7, 11) is 0. The molecule has 1 amide bonds. The van der Waals surface area contributed by atoms with E-state index in [1.165, 1.54) is 35.6 Å². The molecule has 0 N–H and O–H groups in total. The topological polar surface area (TPSA) is 43.6 Å². The Balaban J connectivity index is 2.04. The van der Waals surface area contributed by atoms with Gasteiger partial charge in [0.15, 0.2) is 4.80 Å². The Bertz CT molecular complexity index is 963. The third-order valence-corrected chi connectivity index (χ3v) is 5.13. The van der Waals surface area contributed by atoms with Crippen LogP contribution in [0.15, 0.2) is 51.9 Å². The molecule has 130 valence electrons. The van der Waals surface area contributed by atoms with Gasteiger partial charge in [-0.25, -0.2) is 4.39 Å². The van der Waals surface area contributed by atoms with Crippen LogP contribution < -0.4 is 4.80 Å². The summed E-state index contributed by atoms with van der Waals surface area (Å²) in [5.74, 6) is -0.772. The fraction of sp³-hybridized carbons (Fsp3) is 0.222. The summed E-state index contributed by atoms with van der Waals surface area (Å²) in [6.07, 6.45) is 0. The SMILES string of the molecule is CCOCCn1c(=NC(=O)c2ccc(F)cc2)sc2cc(Br)ccc21. The molecule has 0 fully saturated rings. The summed E-state index contributed by atoms with van der Waals surface area (Å²) in [4.78, 5) is 17.3. The van der Waals surface area contributed by atoms with Crippen molar-refractivity contribution >= 4 is 43.4 Å². The maximum Gasteiger partial charge on any atom is 0.279 e. The number of benzene rings is 2. The van der Waals surface area contributed by atoms with Gasteiger partial charge in [-0.15, -0.1) is 0 Å². The van der Waals surface area contributed by atoms with Crippen molar-refractivity contribution in [3.8, 4) is 0 Å². The van der Waals surface area contributed by atoms with Gasteiger partial charge in [-0.05, 0) is 49.4 Å². The highest BCUT2D eigenvalue weighted by molar-refractivity contribution is 9.10. The molecular weight excluding hydrogens is 407 g/mol. The average Bonchev–Trinajstić information content (AvgIpc) is 2.92. The molecule has 1 aromatic heterocycles. The number of carbonyl (C=O) groups is 1. The molecule has 0 aliphatic rings. The number of thiazole rings is 1. The second kappa shape index (κ2) is 8.03. The third-order valence-electron chi connectivity index (χ3n) is 3.60. The molecule has 0 spiro atoms. The van der Waals surface area contributed by atoms with Crippen molar-refractivity contribution < 1.29 is 13.9 Å². The lowest BCUT2D eigenvalue weighted by Crippen LogP contribution is -2.19. The molecule has 3 aromatic rings. The van der Waals surface area contributed by atoms with E-state index in [2.05, 4.69) is 20.9 Å². The maximum atomic E-state index is 13.0. The van der Waals surface area contributed by atoms with Gasteiger partial charge >= 0.3 is 0 Å². The lowest BCUT2D eigenvalue weighted by atomic mass is 10.2. The number of rotatable bonds is 5. The average molecular weight is 423 g/mol. The fourth-order valence-electron chi connectivity index (χ4n) is 2.39. The summed E-state index contributed by atoms with van der Waals surface area (Å²) < 4.78 is 22.4. The zero-order chi connectivity index (χ0) is 17.8. The molecule has 0 saturated carbocycles. The van der Waals surface area contributed by atoms with E-state index >= 15 is 0 Å². The molecule has 0 unspecified atom stereocenters. The monoisotopic (exact) mass is 422 g/mol. The number of hydrogen-bond donors (Lipinski definition) is 0. The standard InChI is InChI=1S/C18H16BrFN2O2S/c1-2-24-10-9-22-15-8-5-13(19)11-16(15)25-18(22)21-17(23)12-3-6-14(20)7-4-12/h3-8,11H,2,9-10H2,1H3. The molecule has 0 bridgehead atoms. The van der Waals surface area contributed by atoms with Crippen LogP contribution in [0.1, 0.15) is 17.3 Å². The molecule has 25 heavy (non-hydrogen) atoms. The van der Waals surface area contributed by atoms with Gasteiger partial charge in [-0.3, -0.25) is 4.79 Å². The third kappa shape index (κ3) is 4.23. The lowest BCUT2D eigenvalue weighted by Gasteiger charge is -2.05. The van der Waals surface area contributed by atoms with Gasteiger partial charge in [0.2, 0.25) is 0 Å². The maximum absolute atomic E-state index is 13.0. The first kappa shape index (κ1) is 18.0. The molecule has 3 rings (SSSR count). The van der Waals surface area contributed by atoms with Gasteiger partial charge in [0.25, 0.3) is 5.91 Å². The number of carbonyl (C=O) groups excluding carboxylic acids is 1. The van der Waals surface area contributed by atoms with E-state index in [4.69, 9.17) is 4.74 Å². The van der Waals surface area contributed by atoms with E-state index < -0.39 is 5.91 Å². The largest absolute Gasteiger partial charge is 0.380 e. The first-order chi connectivity index (χ1) is 12.1. The van der Waals surface area contributed by atoms with Crippen LogP contribution in [0.2, 0.25) is 0 Å². The minimum atomic E-state index is -0.393. The number of halogens is 2. The van der Waals surface area contributed by atoms with E-state index in [1.54, 1.807) is 0 Å². The molecule has 7 heteroatoms. The molecular formula is C18H16BrFN2O2S. The highest BCUT2D eigenvalue weighted by Gasteiger charge is 2.10. The van der Waals surface area contributed by atoms with E-state index in [0.29, 0.717) is 30.1 Å². The van der Waals surface area contributed by atoms with E-state index in [-0.39, 0.29) is 5.82 Å². The highest BCUT2D eigenvalue weighted by atomic mass is 79.9. The van der Waals surface area contributed by atoms with Crippen molar-refractivity contribution in [2.24, 2.45) is 4.99 Å². The quantitative estimate of drug-likeness (QED) is 0.572. The highest BCUT2D eigenvalue weighted by Crippen LogP contribution is 2.22. The van der Waals surface area contributed by atoms with Gasteiger partial charge in [0.05, 0.1) is 16.8 Å². The van der Waals surface area contributed by atoms with E-state index in [0.717, 1.165) is 14.7 Å². The van der Waals surface area contributed by atoms with Crippen molar-refractivity contribution in [1.29, 1.82) is 0 Å². The van der Waals surface area contributed by atoms with Gasteiger partial charge in [0, 0.05) is 23.2 Å². The van der Waals surface area contributed by atoms with Crippen LogP contribution in [-0.2, 0) is 11.3 Å². The lowest BCUT2D eigenvalue weighted by molar-refractivity contribution is 0.0996. The van der Waals surface area contributed by atoms with Crippen molar-refractivity contribution in [2.75, 3.05) is 13.2 Å². The number of hydrogen-bond acceptors (Lipinski definition) is 3. The second-order valence-electron chi connectivity index (χ2n) is 5.27. The smallest absolute Gasteiger partial charge is 0.279 e. The minimum Gasteiger partial charge on any atom is -0.380 e. The van der Waals surface area contributed by atoms with Gasteiger partial charge in [-0.1, -0.05) is 27.3 Å². The molecule has 0 saturated heterocycles. The normalized spacial score (nSPS) is 12.0. The van der Waals surface area contributed by atoms with Gasteiger partial charge in [-0.2, -0.15) is 4.99 Å². The van der Waals surface area contributed by atoms with Crippen LogP contribution >= 0.6 is 27.3 Å². The molecule has 0 radical (unpaired) electrons. The number of fused-ring (bicyclic) bond motifs is 1. The molecule has 0 aliphatic carbocycles. The zero-order valence-electron chi connectivity index (χ0n) is 13.5. The second-order valence-corrected chi connectivity index (χ2v) is 7.19. The van der Waals surface area contributed by atoms with Crippen molar-refractivity contribution in [1.82, 2.24) is 4.57 Å². The summed E-state index contributed by atoms with van der Waals surface area (Å²) in [6, 6.07) is 11.3. The fourth-order valence-corrected chi connectivity index (χ4v) is 4.00. The molecule has 0 atom stereocenters. The molecule has 0 aliphatic heterocycles. The predicted molar refractivity (Wildman–Crippen MR) is 100 cm³/mol. The van der Waals surface area contributed by atoms with Gasteiger partial charge in [0.1, 0.15) is 5.82 Å². The first-order valence-corrected chi connectivity index (χ1v) is 9.40. The summed E-state index contributed by atoms with van der Waals surface area (Å²) in [5, 5.41) is 0. The van der Waals surface area contributed by atoms with Crippen molar-refractivity contribution in [3.63, 3.8) is 0 Å². The first-order valence-electron chi connectivity index (χ1n) is 7.79. The molecule has 1 heterocycles. The predicted octanol–water partition coefficient (Wildman–Crippen LogP) is 4.38. The van der Waals surface area contributed by atoms with Crippen molar-refractivity contribution in [2.45, 2.75) is 13.5 Å². The Kier molecular flexibility index (Phi) is 5.78. The Morgan fingerprint density at radius 3 is 2.76 bits per heavy atom. The number of nitrogens with zero attached hydrogens (tertiary/aromatic N) is 2. The van der Waals surface area contributed by atoms with E-state index in [1.807, 2.05) is 29.7 Å². The van der Waals surface area contributed by atoms with Crippen LogP contribution in [0.4, 0.5) is 4.39 Å².